The zero-order valence-electron chi connectivity index (χ0n) is 19.2. The number of aryl methyl sites for hydroxylation is 1. The van der Waals surface area contributed by atoms with E-state index >= 15 is 0 Å². The molecule has 168 valence electrons. The van der Waals surface area contributed by atoms with Crippen LogP contribution in [0.2, 0.25) is 0 Å². The first-order valence-electron chi connectivity index (χ1n) is 10.7. The van der Waals surface area contributed by atoms with E-state index in [9.17, 15) is 4.79 Å². The average Bonchev–Trinajstić information content (AvgIpc) is 3.44. The molecule has 9 heteroatoms. The summed E-state index contributed by atoms with van der Waals surface area (Å²) in [6.45, 7) is 12.7. The van der Waals surface area contributed by atoms with Crippen LogP contribution >= 0.6 is 11.3 Å². The highest BCUT2D eigenvalue weighted by Gasteiger charge is 2.23. The molecule has 4 rings (SSSR count). The fourth-order valence-electron chi connectivity index (χ4n) is 3.85. The van der Waals surface area contributed by atoms with E-state index in [-0.39, 0.29) is 6.04 Å². The summed E-state index contributed by atoms with van der Waals surface area (Å²) < 4.78 is 14.7. The summed E-state index contributed by atoms with van der Waals surface area (Å²) in [5, 5.41) is 9.95. The Morgan fingerprint density at radius 2 is 2.00 bits per heavy atom. The molecule has 4 aromatic rings. The van der Waals surface area contributed by atoms with E-state index in [1.54, 1.807) is 6.92 Å². The van der Waals surface area contributed by atoms with Gasteiger partial charge in [0.2, 0.25) is 5.88 Å². The predicted molar refractivity (Wildman–Crippen MR) is 125 cm³/mol. The molecule has 0 N–H and O–H groups in total. The summed E-state index contributed by atoms with van der Waals surface area (Å²) in [5.74, 6) is -0.109. The summed E-state index contributed by atoms with van der Waals surface area (Å²) in [4.78, 5) is 17.3. The van der Waals surface area contributed by atoms with Gasteiger partial charge in [-0.05, 0) is 53.7 Å². The number of thiazole rings is 1. The zero-order valence-corrected chi connectivity index (χ0v) is 20.0. The minimum Gasteiger partial charge on any atom is -0.477 e. The lowest BCUT2D eigenvalue weighted by atomic mass is 10.0. The minimum absolute atomic E-state index is 0.272. The average molecular weight is 454 g/mol. The van der Waals surface area contributed by atoms with E-state index in [4.69, 9.17) is 14.6 Å². The molecule has 0 saturated heterocycles. The molecule has 0 saturated carbocycles. The van der Waals surface area contributed by atoms with Gasteiger partial charge >= 0.3 is 5.97 Å². The smallest absolute Gasteiger partial charge is 0.354 e. The Morgan fingerprint density at radius 3 is 2.66 bits per heavy atom. The third-order valence-electron chi connectivity index (χ3n) is 5.19. The molecular formula is C23H27N5O3S. The fourth-order valence-corrected chi connectivity index (χ4v) is 4.75. The zero-order chi connectivity index (χ0) is 23.0. The summed E-state index contributed by atoms with van der Waals surface area (Å²) in [6.07, 6.45) is 3.77. The van der Waals surface area contributed by atoms with Gasteiger partial charge in [0.05, 0.1) is 30.6 Å². The molecular weight excluding hydrogens is 426 g/mol. The molecule has 4 heterocycles. The van der Waals surface area contributed by atoms with E-state index < -0.39 is 5.97 Å². The molecule has 0 aliphatic heterocycles. The lowest BCUT2D eigenvalue weighted by molar-refractivity contribution is 0.0527. The molecule has 0 spiro atoms. The largest absolute Gasteiger partial charge is 0.477 e. The predicted octanol–water partition coefficient (Wildman–Crippen LogP) is 5.09. The second-order valence-electron chi connectivity index (χ2n) is 7.69. The Morgan fingerprint density at radius 1 is 1.22 bits per heavy atom. The standard InChI is InChI=1S/C23H27N5O3S/c1-7-30-21-20(23(29)31-8-2)32-22(25-21)16-9-10-27-18(11-16)17(12-24-27)19-14(5)26-28(13(3)4)15(19)6/h9-13H,7-8H2,1-6H3. The molecule has 0 bridgehead atoms. The number of nitrogens with zero attached hydrogens (tertiary/aromatic N) is 5. The number of carbonyl (C=O) groups excluding carboxylic acids is 1. The Bertz CT molecular complexity index is 1280. The van der Waals surface area contributed by atoms with Gasteiger partial charge in [-0.1, -0.05) is 0 Å². The Kier molecular flexibility index (Phi) is 6.01. The first kappa shape index (κ1) is 22.0. The molecule has 0 aromatic carbocycles. The number of hydrogen-bond acceptors (Lipinski definition) is 7. The van der Waals surface area contributed by atoms with Crippen molar-refractivity contribution in [2.45, 2.75) is 47.6 Å². The van der Waals surface area contributed by atoms with Crippen LogP contribution in [0.3, 0.4) is 0 Å². The maximum Gasteiger partial charge on any atom is 0.354 e. The number of aromatic nitrogens is 5. The van der Waals surface area contributed by atoms with Crippen molar-refractivity contribution in [2.75, 3.05) is 13.2 Å². The van der Waals surface area contributed by atoms with E-state index in [0.29, 0.717) is 29.0 Å². The van der Waals surface area contributed by atoms with Crippen molar-refractivity contribution < 1.29 is 14.3 Å². The molecule has 8 nitrogen and oxygen atoms in total. The first-order valence-corrected chi connectivity index (χ1v) is 11.5. The number of esters is 1. The normalized spacial score (nSPS) is 11.5. The highest BCUT2D eigenvalue weighted by molar-refractivity contribution is 7.17. The quantitative estimate of drug-likeness (QED) is 0.362. The Labute approximate surface area is 190 Å². The molecule has 0 aliphatic carbocycles. The molecule has 0 atom stereocenters. The van der Waals surface area contributed by atoms with Crippen molar-refractivity contribution in [3.8, 4) is 27.6 Å². The SMILES string of the molecule is CCOC(=O)c1sc(-c2ccn3ncc(-c4c(C)nn(C(C)C)c4C)c3c2)nc1OCC. The van der Waals surface area contributed by atoms with Crippen LogP contribution in [-0.2, 0) is 4.74 Å². The van der Waals surface area contributed by atoms with Crippen molar-refractivity contribution in [1.29, 1.82) is 0 Å². The first-order chi connectivity index (χ1) is 15.3. The summed E-state index contributed by atoms with van der Waals surface area (Å²) in [5.41, 5.74) is 6.01. The number of pyridine rings is 1. The number of hydrogen-bond donors (Lipinski definition) is 0. The molecule has 0 unspecified atom stereocenters. The van der Waals surface area contributed by atoms with Crippen LogP contribution < -0.4 is 4.74 Å². The Balaban J connectivity index is 1.82. The van der Waals surface area contributed by atoms with Gasteiger partial charge < -0.3 is 9.47 Å². The summed E-state index contributed by atoms with van der Waals surface area (Å²) >= 11 is 1.27. The number of fused-ring (bicyclic) bond motifs is 1. The van der Waals surface area contributed by atoms with Gasteiger partial charge in [0, 0.05) is 34.6 Å². The highest BCUT2D eigenvalue weighted by Crippen LogP contribution is 2.36. The van der Waals surface area contributed by atoms with Gasteiger partial charge in [0.1, 0.15) is 5.01 Å². The van der Waals surface area contributed by atoms with Crippen molar-refractivity contribution in [3.63, 3.8) is 0 Å². The molecule has 0 aliphatic rings. The lowest BCUT2D eigenvalue weighted by Crippen LogP contribution is -2.05. The lowest BCUT2D eigenvalue weighted by Gasteiger charge is -2.08. The number of rotatable bonds is 7. The minimum atomic E-state index is -0.418. The van der Waals surface area contributed by atoms with E-state index in [0.717, 1.165) is 33.6 Å². The van der Waals surface area contributed by atoms with Crippen LogP contribution in [-0.4, -0.2) is 43.6 Å². The third kappa shape index (κ3) is 3.77. The number of carbonyl (C=O) groups is 1. The van der Waals surface area contributed by atoms with E-state index in [2.05, 4.69) is 30.9 Å². The third-order valence-corrected chi connectivity index (χ3v) is 6.26. The molecule has 0 radical (unpaired) electrons. The van der Waals surface area contributed by atoms with Crippen LogP contribution in [0.25, 0.3) is 27.2 Å². The monoisotopic (exact) mass is 453 g/mol. The molecule has 4 aromatic heterocycles. The summed E-state index contributed by atoms with van der Waals surface area (Å²) in [6, 6.07) is 4.25. The van der Waals surface area contributed by atoms with Gasteiger partial charge in [0.15, 0.2) is 4.88 Å². The fraction of sp³-hybridized carbons (Fsp3) is 0.391. The van der Waals surface area contributed by atoms with E-state index in [1.165, 1.54) is 11.3 Å². The maximum absolute atomic E-state index is 12.4. The van der Waals surface area contributed by atoms with Crippen molar-refractivity contribution in [3.05, 3.63) is 40.8 Å². The van der Waals surface area contributed by atoms with Crippen molar-refractivity contribution in [2.24, 2.45) is 0 Å². The van der Waals surface area contributed by atoms with Crippen LogP contribution in [0, 0.1) is 13.8 Å². The maximum atomic E-state index is 12.4. The second kappa shape index (κ2) is 8.74. The second-order valence-corrected chi connectivity index (χ2v) is 8.69. The van der Waals surface area contributed by atoms with Gasteiger partial charge in [0.25, 0.3) is 0 Å². The van der Waals surface area contributed by atoms with Crippen LogP contribution in [0.15, 0.2) is 24.5 Å². The van der Waals surface area contributed by atoms with Crippen LogP contribution in [0.5, 0.6) is 5.88 Å². The highest BCUT2D eigenvalue weighted by atomic mass is 32.1. The summed E-state index contributed by atoms with van der Waals surface area (Å²) in [7, 11) is 0. The number of ether oxygens (including phenoxy) is 2. The van der Waals surface area contributed by atoms with Gasteiger partial charge in [-0.15, -0.1) is 11.3 Å². The topological polar surface area (TPSA) is 83.5 Å². The van der Waals surface area contributed by atoms with E-state index in [1.807, 2.05) is 47.6 Å². The van der Waals surface area contributed by atoms with Gasteiger partial charge in [-0.2, -0.15) is 10.2 Å². The van der Waals surface area contributed by atoms with Crippen LogP contribution in [0.1, 0.15) is 54.8 Å². The van der Waals surface area contributed by atoms with Gasteiger partial charge in [-0.3, -0.25) is 4.68 Å². The molecule has 32 heavy (non-hydrogen) atoms. The molecule has 0 amide bonds. The van der Waals surface area contributed by atoms with Gasteiger partial charge in [-0.25, -0.2) is 14.3 Å². The van der Waals surface area contributed by atoms with Crippen molar-refractivity contribution in [1.82, 2.24) is 24.4 Å². The molecule has 0 fully saturated rings. The van der Waals surface area contributed by atoms with Crippen molar-refractivity contribution >= 4 is 22.8 Å². The van der Waals surface area contributed by atoms with Crippen LogP contribution in [0.4, 0.5) is 0 Å². The Hall–Kier alpha value is -3.20.